The summed E-state index contributed by atoms with van der Waals surface area (Å²) < 4.78 is 46.7. The molecule has 0 aliphatic carbocycles. The van der Waals surface area contributed by atoms with E-state index in [2.05, 4.69) is 15.3 Å². The zero-order chi connectivity index (χ0) is 17.9. The second-order valence-electron chi connectivity index (χ2n) is 6.31. The molecule has 25 heavy (non-hydrogen) atoms. The molecule has 138 valence electrons. The van der Waals surface area contributed by atoms with Gasteiger partial charge >= 0.3 is 6.18 Å². The molecule has 1 aliphatic heterocycles. The number of nitrogens with one attached hydrogen (secondary N) is 1. The van der Waals surface area contributed by atoms with E-state index in [0.717, 1.165) is 23.2 Å². The van der Waals surface area contributed by atoms with E-state index in [4.69, 9.17) is 4.74 Å². The minimum atomic E-state index is -4.25. The van der Waals surface area contributed by atoms with Crippen molar-refractivity contribution in [3.63, 3.8) is 0 Å². The van der Waals surface area contributed by atoms with Crippen molar-refractivity contribution in [1.82, 2.24) is 24.4 Å². The van der Waals surface area contributed by atoms with Crippen molar-refractivity contribution in [2.24, 2.45) is 13.0 Å². The van der Waals surface area contributed by atoms with Crippen molar-refractivity contribution in [1.29, 1.82) is 0 Å². The number of ether oxygens (including phenoxy) is 1. The maximum Gasteiger partial charge on any atom is 0.406 e. The number of rotatable bonds is 6. The van der Waals surface area contributed by atoms with Gasteiger partial charge in [0.15, 0.2) is 0 Å². The first kappa shape index (κ1) is 17.9. The van der Waals surface area contributed by atoms with Gasteiger partial charge < -0.3 is 19.2 Å². The summed E-state index contributed by atoms with van der Waals surface area (Å²) in [6.07, 6.45) is 3.97. The quantitative estimate of drug-likeness (QED) is 0.863. The van der Waals surface area contributed by atoms with Crippen LogP contribution in [0.25, 0.3) is 0 Å². The van der Waals surface area contributed by atoms with Crippen LogP contribution in [0.5, 0.6) is 0 Å². The molecule has 1 N–H and O–H groups in total. The van der Waals surface area contributed by atoms with Gasteiger partial charge in [-0.2, -0.15) is 13.2 Å². The molecular formula is C16H22F3N5O. The topological polar surface area (TPSA) is 56.9 Å². The van der Waals surface area contributed by atoms with Gasteiger partial charge in [-0.3, -0.25) is 0 Å². The van der Waals surface area contributed by atoms with Gasteiger partial charge in [0.1, 0.15) is 24.3 Å². The highest BCUT2D eigenvalue weighted by Gasteiger charge is 2.31. The van der Waals surface area contributed by atoms with E-state index in [1.165, 1.54) is 12.4 Å². The largest absolute Gasteiger partial charge is 0.406 e. The van der Waals surface area contributed by atoms with Gasteiger partial charge in [-0.25, -0.2) is 9.97 Å². The lowest BCUT2D eigenvalue weighted by molar-refractivity contribution is -0.141. The Morgan fingerprint density at radius 3 is 2.80 bits per heavy atom. The number of imidazole rings is 2. The van der Waals surface area contributed by atoms with Crippen LogP contribution in [-0.4, -0.2) is 38.4 Å². The highest BCUT2D eigenvalue weighted by molar-refractivity contribution is 5.00. The average Bonchev–Trinajstić information content (AvgIpc) is 3.16. The standard InChI is InChI=1S/C16H22F3N5O/c1-23-6-4-22-15(23)14-12(3-2-8-25-14)9-20-10-13-21-5-7-24(13)11-16(17,18)19/h4-7,12,14,20H,2-3,8-11H2,1H3/t12-,14+/m0/s1. The SMILES string of the molecule is Cn1ccnc1[C@@H]1OCCC[C@H]1CNCc1nccn1CC(F)(F)F. The van der Waals surface area contributed by atoms with Crippen LogP contribution in [0.4, 0.5) is 13.2 Å². The Labute approximate surface area is 144 Å². The van der Waals surface area contributed by atoms with Crippen LogP contribution in [0.15, 0.2) is 24.8 Å². The smallest absolute Gasteiger partial charge is 0.370 e. The second kappa shape index (κ2) is 7.57. The van der Waals surface area contributed by atoms with E-state index in [9.17, 15) is 13.2 Å². The highest BCUT2D eigenvalue weighted by atomic mass is 19.4. The molecule has 0 saturated carbocycles. The van der Waals surface area contributed by atoms with Gasteiger partial charge in [-0.15, -0.1) is 0 Å². The second-order valence-corrected chi connectivity index (χ2v) is 6.31. The molecule has 6 nitrogen and oxygen atoms in total. The first-order valence-electron chi connectivity index (χ1n) is 8.30. The molecule has 0 spiro atoms. The van der Waals surface area contributed by atoms with Crippen molar-refractivity contribution in [3.8, 4) is 0 Å². The Hall–Kier alpha value is -1.87. The van der Waals surface area contributed by atoms with Gasteiger partial charge in [-0.1, -0.05) is 0 Å². The summed E-state index contributed by atoms with van der Waals surface area (Å²) in [4.78, 5) is 8.39. The maximum atomic E-state index is 12.6. The first-order chi connectivity index (χ1) is 11.9. The molecule has 2 aromatic heterocycles. The number of alkyl halides is 3. The molecule has 1 fully saturated rings. The molecule has 1 saturated heterocycles. The summed E-state index contributed by atoms with van der Waals surface area (Å²) in [5.74, 6) is 1.48. The molecule has 0 bridgehead atoms. The third-order valence-electron chi connectivity index (χ3n) is 4.40. The summed E-state index contributed by atoms with van der Waals surface area (Å²) in [6, 6.07) is 0. The molecule has 0 unspecified atom stereocenters. The Balaban J connectivity index is 1.58. The van der Waals surface area contributed by atoms with Crippen LogP contribution in [0, 0.1) is 5.92 Å². The van der Waals surface area contributed by atoms with Crippen LogP contribution >= 0.6 is 0 Å². The predicted molar refractivity (Wildman–Crippen MR) is 84.6 cm³/mol. The van der Waals surface area contributed by atoms with Gasteiger partial charge in [0.05, 0.1) is 6.54 Å². The third-order valence-corrected chi connectivity index (χ3v) is 4.40. The number of halogens is 3. The van der Waals surface area contributed by atoms with E-state index in [0.29, 0.717) is 19.0 Å². The Morgan fingerprint density at radius 2 is 2.08 bits per heavy atom. The van der Waals surface area contributed by atoms with E-state index in [1.54, 1.807) is 6.20 Å². The molecule has 2 atom stereocenters. The minimum absolute atomic E-state index is 0.101. The summed E-state index contributed by atoms with van der Waals surface area (Å²) >= 11 is 0. The van der Waals surface area contributed by atoms with Gasteiger partial charge in [0.2, 0.25) is 0 Å². The fourth-order valence-electron chi connectivity index (χ4n) is 3.20. The van der Waals surface area contributed by atoms with Gasteiger partial charge in [0, 0.05) is 50.9 Å². The zero-order valence-corrected chi connectivity index (χ0v) is 14.0. The maximum absolute atomic E-state index is 12.6. The predicted octanol–water partition coefficient (Wildman–Crippen LogP) is 2.44. The highest BCUT2D eigenvalue weighted by Crippen LogP contribution is 2.32. The number of aryl methyl sites for hydroxylation is 1. The van der Waals surface area contributed by atoms with Crippen LogP contribution in [0.3, 0.4) is 0 Å². The fraction of sp³-hybridized carbons (Fsp3) is 0.625. The van der Waals surface area contributed by atoms with E-state index < -0.39 is 12.7 Å². The number of nitrogens with zero attached hydrogens (tertiary/aromatic N) is 4. The Kier molecular flexibility index (Phi) is 5.43. The van der Waals surface area contributed by atoms with Crippen LogP contribution in [0.1, 0.15) is 30.6 Å². The third kappa shape index (κ3) is 4.60. The normalized spacial score (nSPS) is 21.6. The van der Waals surface area contributed by atoms with Crippen molar-refractivity contribution in [2.45, 2.75) is 38.2 Å². The number of hydrogen-bond acceptors (Lipinski definition) is 4. The fourth-order valence-corrected chi connectivity index (χ4v) is 3.20. The zero-order valence-electron chi connectivity index (χ0n) is 14.0. The molecule has 9 heteroatoms. The summed E-state index contributed by atoms with van der Waals surface area (Å²) in [7, 11) is 1.93. The van der Waals surface area contributed by atoms with Crippen LogP contribution < -0.4 is 5.32 Å². The van der Waals surface area contributed by atoms with Crippen molar-refractivity contribution >= 4 is 0 Å². The van der Waals surface area contributed by atoms with Crippen molar-refractivity contribution in [3.05, 3.63) is 36.4 Å². The molecule has 3 rings (SSSR count). The molecule has 2 aromatic rings. The summed E-state index contributed by atoms with van der Waals surface area (Å²) in [5.41, 5.74) is 0. The van der Waals surface area contributed by atoms with Gasteiger partial charge in [0.25, 0.3) is 0 Å². The molecule has 3 heterocycles. The number of hydrogen-bond donors (Lipinski definition) is 1. The molecule has 1 aliphatic rings. The lowest BCUT2D eigenvalue weighted by Crippen LogP contribution is -2.33. The molecule has 0 radical (unpaired) electrons. The summed E-state index contributed by atoms with van der Waals surface area (Å²) in [5, 5.41) is 3.23. The van der Waals surface area contributed by atoms with Gasteiger partial charge in [-0.05, 0) is 12.8 Å². The lowest BCUT2D eigenvalue weighted by Gasteiger charge is -2.31. The summed E-state index contributed by atoms with van der Waals surface area (Å²) in [6.45, 7) is 0.597. The molecule has 0 amide bonds. The number of aromatic nitrogens is 4. The lowest BCUT2D eigenvalue weighted by atomic mass is 9.93. The van der Waals surface area contributed by atoms with E-state index >= 15 is 0 Å². The molecular weight excluding hydrogens is 335 g/mol. The molecule has 0 aromatic carbocycles. The Bertz CT molecular complexity index is 681. The van der Waals surface area contributed by atoms with Crippen LogP contribution in [-0.2, 0) is 24.9 Å². The van der Waals surface area contributed by atoms with E-state index in [1.807, 2.05) is 17.8 Å². The van der Waals surface area contributed by atoms with E-state index in [-0.39, 0.29) is 18.6 Å². The van der Waals surface area contributed by atoms with Crippen molar-refractivity contribution < 1.29 is 17.9 Å². The first-order valence-corrected chi connectivity index (χ1v) is 8.30. The average molecular weight is 357 g/mol. The minimum Gasteiger partial charge on any atom is -0.370 e. The van der Waals surface area contributed by atoms with Crippen LogP contribution in [0.2, 0.25) is 0 Å². The van der Waals surface area contributed by atoms with Crippen molar-refractivity contribution in [2.75, 3.05) is 13.2 Å². The Morgan fingerprint density at radius 1 is 1.28 bits per heavy atom. The monoisotopic (exact) mass is 357 g/mol.